The zero-order valence-corrected chi connectivity index (χ0v) is 12.3. The summed E-state index contributed by atoms with van der Waals surface area (Å²) >= 11 is 0. The van der Waals surface area contributed by atoms with Crippen molar-refractivity contribution in [3.05, 3.63) is 53.8 Å². The van der Waals surface area contributed by atoms with Gasteiger partial charge in [-0.05, 0) is 56.2 Å². The van der Waals surface area contributed by atoms with Crippen molar-refractivity contribution < 1.29 is 13.9 Å². The van der Waals surface area contributed by atoms with Crippen molar-refractivity contribution >= 4 is 11.7 Å². The zero-order valence-electron chi connectivity index (χ0n) is 12.3. The van der Waals surface area contributed by atoms with Crippen LogP contribution in [0.2, 0.25) is 0 Å². The lowest BCUT2D eigenvalue weighted by atomic mass is 10.0. The SMILES string of the molecule is CC(C)(C)OC(=O)c1ccc(-c2ccc(N)c(F)c2)cc1. The summed E-state index contributed by atoms with van der Waals surface area (Å²) in [4.78, 5) is 11.9. The second-order valence-electron chi connectivity index (χ2n) is 5.82. The fraction of sp³-hybridized carbons (Fsp3) is 0.235. The summed E-state index contributed by atoms with van der Waals surface area (Å²) < 4.78 is 18.7. The van der Waals surface area contributed by atoms with Gasteiger partial charge in [0.1, 0.15) is 11.4 Å². The predicted molar refractivity (Wildman–Crippen MR) is 81.4 cm³/mol. The van der Waals surface area contributed by atoms with Crippen LogP contribution in [0.4, 0.5) is 10.1 Å². The van der Waals surface area contributed by atoms with Crippen LogP contribution < -0.4 is 5.73 Å². The van der Waals surface area contributed by atoms with Crippen molar-refractivity contribution in [3.63, 3.8) is 0 Å². The molecule has 0 heterocycles. The van der Waals surface area contributed by atoms with E-state index in [1.54, 1.807) is 30.3 Å². The molecule has 2 aromatic rings. The topological polar surface area (TPSA) is 52.3 Å². The van der Waals surface area contributed by atoms with Crippen LogP contribution in [0.1, 0.15) is 31.1 Å². The number of carbonyl (C=O) groups excluding carboxylic acids is 1. The average Bonchev–Trinajstić information content (AvgIpc) is 2.40. The van der Waals surface area contributed by atoms with Gasteiger partial charge in [0.15, 0.2) is 0 Å². The average molecular weight is 287 g/mol. The van der Waals surface area contributed by atoms with E-state index in [1.165, 1.54) is 12.1 Å². The van der Waals surface area contributed by atoms with Gasteiger partial charge in [0, 0.05) is 0 Å². The summed E-state index contributed by atoms with van der Waals surface area (Å²) in [7, 11) is 0. The second-order valence-corrected chi connectivity index (χ2v) is 5.82. The molecule has 0 unspecified atom stereocenters. The molecule has 3 nitrogen and oxygen atoms in total. The Bertz CT molecular complexity index is 657. The smallest absolute Gasteiger partial charge is 0.338 e. The van der Waals surface area contributed by atoms with Gasteiger partial charge in [-0.15, -0.1) is 0 Å². The van der Waals surface area contributed by atoms with E-state index in [4.69, 9.17) is 10.5 Å². The van der Waals surface area contributed by atoms with Crippen LogP contribution in [0, 0.1) is 5.82 Å². The maximum Gasteiger partial charge on any atom is 0.338 e. The lowest BCUT2D eigenvalue weighted by molar-refractivity contribution is 0.00696. The van der Waals surface area contributed by atoms with E-state index >= 15 is 0 Å². The molecule has 2 rings (SSSR count). The molecular weight excluding hydrogens is 269 g/mol. The van der Waals surface area contributed by atoms with Crippen LogP contribution in [0.3, 0.4) is 0 Å². The van der Waals surface area contributed by atoms with Gasteiger partial charge >= 0.3 is 5.97 Å². The predicted octanol–water partition coefficient (Wildman–Crippen LogP) is 4.03. The van der Waals surface area contributed by atoms with E-state index in [0.29, 0.717) is 11.1 Å². The van der Waals surface area contributed by atoms with Crippen LogP contribution >= 0.6 is 0 Å². The quantitative estimate of drug-likeness (QED) is 0.670. The first kappa shape index (κ1) is 15.0. The molecule has 0 fully saturated rings. The highest BCUT2D eigenvalue weighted by molar-refractivity contribution is 5.90. The van der Waals surface area contributed by atoms with Crippen molar-refractivity contribution in [2.24, 2.45) is 0 Å². The Morgan fingerprint density at radius 3 is 2.14 bits per heavy atom. The second kappa shape index (κ2) is 5.56. The van der Waals surface area contributed by atoms with Gasteiger partial charge in [0.2, 0.25) is 0 Å². The van der Waals surface area contributed by atoms with Crippen LogP contribution in [-0.4, -0.2) is 11.6 Å². The van der Waals surface area contributed by atoms with Gasteiger partial charge in [-0.1, -0.05) is 18.2 Å². The van der Waals surface area contributed by atoms with Gasteiger partial charge in [-0.25, -0.2) is 9.18 Å². The number of hydrogen-bond donors (Lipinski definition) is 1. The maximum atomic E-state index is 13.5. The molecule has 0 aliphatic rings. The molecule has 21 heavy (non-hydrogen) atoms. The van der Waals surface area contributed by atoms with Crippen molar-refractivity contribution in [2.75, 3.05) is 5.73 Å². The third-order valence-corrected chi connectivity index (χ3v) is 2.85. The Morgan fingerprint density at radius 2 is 1.62 bits per heavy atom. The van der Waals surface area contributed by atoms with Gasteiger partial charge < -0.3 is 10.5 Å². The standard InChI is InChI=1S/C17H18FNO2/c1-17(2,3)21-16(20)12-6-4-11(5-7-12)13-8-9-15(19)14(18)10-13/h4-10H,19H2,1-3H3. The molecule has 0 saturated heterocycles. The van der Waals surface area contributed by atoms with E-state index in [0.717, 1.165) is 5.56 Å². The van der Waals surface area contributed by atoms with Crippen LogP contribution in [0.25, 0.3) is 11.1 Å². The van der Waals surface area contributed by atoms with Crippen molar-refractivity contribution in [1.29, 1.82) is 0 Å². The molecule has 2 aromatic carbocycles. The Hall–Kier alpha value is -2.36. The summed E-state index contributed by atoms with van der Waals surface area (Å²) in [5.41, 5.74) is 7.01. The fourth-order valence-corrected chi connectivity index (χ4v) is 1.84. The third kappa shape index (κ3) is 3.81. The molecule has 0 atom stereocenters. The Kier molecular flexibility index (Phi) is 3.98. The summed E-state index contributed by atoms with van der Waals surface area (Å²) in [6.45, 7) is 5.45. The van der Waals surface area contributed by atoms with Crippen LogP contribution in [-0.2, 0) is 4.74 Å². The van der Waals surface area contributed by atoms with E-state index in [2.05, 4.69) is 0 Å². The Labute approximate surface area is 123 Å². The first-order valence-corrected chi connectivity index (χ1v) is 6.65. The van der Waals surface area contributed by atoms with E-state index in [9.17, 15) is 9.18 Å². The molecule has 0 aliphatic carbocycles. The molecular formula is C17H18FNO2. The van der Waals surface area contributed by atoms with Crippen molar-refractivity contribution in [2.45, 2.75) is 26.4 Å². The number of carbonyl (C=O) groups is 1. The van der Waals surface area contributed by atoms with Gasteiger partial charge in [0.05, 0.1) is 11.3 Å². The molecule has 0 radical (unpaired) electrons. The summed E-state index contributed by atoms with van der Waals surface area (Å²) in [6.07, 6.45) is 0. The minimum atomic E-state index is -0.532. The number of halogens is 1. The maximum absolute atomic E-state index is 13.5. The third-order valence-electron chi connectivity index (χ3n) is 2.85. The lowest BCUT2D eigenvalue weighted by Gasteiger charge is -2.19. The molecule has 0 spiro atoms. The number of benzene rings is 2. The minimum absolute atomic E-state index is 0.115. The fourth-order valence-electron chi connectivity index (χ4n) is 1.84. The number of ether oxygens (including phenoxy) is 1. The molecule has 2 N–H and O–H groups in total. The largest absolute Gasteiger partial charge is 0.456 e. The Morgan fingerprint density at radius 1 is 1.05 bits per heavy atom. The van der Waals surface area contributed by atoms with Crippen LogP contribution in [0.15, 0.2) is 42.5 Å². The number of nitrogen functional groups attached to an aromatic ring is 1. The van der Waals surface area contributed by atoms with E-state index in [1.807, 2.05) is 20.8 Å². The van der Waals surface area contributed by atoms with E-state index in [-0.39, 0.29) is 11.7 Å². The lowest BCUT2D eigenvalue weighted by Crippen LogP contribution is -2.23. The highest BCUT2D eigenvalue weighted by atomic mass is 19.1. The van der Waals surface area contributed by atoms with Crippen molar-refractivity contribution in [1.82, 2.24) is 0 Å². The number of rotatable bonds is 2. The Balaban J connectivity index is 2.22. The summed E-state index contributed by atoms with van der Waals surface area (Å²) in [5, 5.41) is 0. The van der Waals surface area contributed by atoms with Gasteiger partial charge in [-0.2, -0.15) is 0 Å². The molecule has 4 heteroatoms. The normalized spacial score (nSPS) is 11.2. The molecule has 0 saturated carbocycles. The first-order valence-electron chi connectivity index (χ1n) is 6.65. The number of anilines is 1. The highest BCUT2D eigenvalue weighted by Gasteiger charge is 2.17. The highest BCUT2D eigenvalue weighted by Crippen LogP contribution is 2.24. The number of nitrogens with two attached hydrogens (primary N) is 1. The first-order chi connectivity index (χ1) is 9.76. The van der Waals surface area contributed by atoms with Gasteiger partial charge in [-0.3, -0.25) is 0 Å². The van der Waals surface area contributed by atoms with Crippen molar-refractivity contribution in [3.8, 4) is 11.1 Å². The molecule has 0 amide bonds. The van der Waals surface area contributed by atoms with Gasteiger partial charge in [0.25, 0.3) is 0 Å². The summed E-state index contributed by atoms with van der Waals surface area (Å²) in [6, 6.07) is 11.5. The van der Waals surface area contributed by atoms with Crippen LogP contribution in [0.5, 0.6) is 0 Å². The molecule has 0 aromatic heterocycles. The zero-order chi connectivity index (χ0) is 15.6. The molecule has 0 bridgehead atoms. The number of hydrogen-bond acceptors (Lipinski definition) is 3. The minimum Gasteiger partial charge on any atom is -0.456 e. The monoisotopic (exact) mass is 287 g/mol. The number of esters is 1. The molecule has 0 aliphatic heterocycles. The summed E-state index contributed by atoms with van der Waals surface area (Å²) in [5.74, 6) is -0.832. The van der Waals surface area contributed by atoms with E-state index < -0.39 is 11.4 Å². The molecule has 110 valence electrons.